The minimum atomic E-state index is -3.82. The standard InChI is InChI=1S/C25H25F3N6O6S/c26-16-1-4-22(12-16)40-24-23(14-30-33(25(24)35)21-10-17(27)9-18(28)11-21)31-5-7-32(8-6-31)41(38,39)15-19-2-3-20(13-29-19)34(36)37/h2-3,9-11,13-14,16,22H,1,4-8,12,15H2. The van der Waals surface area contributed by atoms with Gasteiger partial charge in [-0.15, -0.1) is 0 Å². The maximum absolute atomic E-state index is 13.9. The number of benzene rings is 1. The minimum absolute atomic E-state index is 0.0446. The maximum atomic E-state index is 13.9. The predicted octanol–water partition coefficient (Wildman–Crippen LogP) is 2.74. The average Bonchev–Trinajstić information content (AvgIpc) is 3.34. The highest BCUT2D eigenvalue weighted by Gasteiger charge is 2.32. The molecule has 1 aliphatic carbocycles. The molecule has 1 saturated heterocycles. The second-order valence-electron chi connectivity index (χ2n) is 9.76. The van der Waals surface area contributed by atoms with Crippen molar-refractivity contribution in [3.8, 4) is 11.4 Å². The largest absolute Gasteiger partial charge is 0.483 e. The number of halogens is 3. The highest BCUT2D eigenvalue weighted by molar-refractivity contribution is 7.88. The Labute approximate surface area is 232 Å². The van der Waals surface area contributed by atoms with Crippen molar-refractivity contribution in [2.45, 2.75) is 37.3 Å². The van der Waals surface area contributed by atoms with E-state index in [0.717, 1.165) is 23.0 Å². The van der Waals surface area contributed by atoms with E-state index in [4.69, 9.17) is 4.74 Å². The molecular formula is C25H25F3N6O6S. The van der Waals surface area contributed by atoms with Crippen molar-refractivity contribution in [1.29, 1.82) is 0 Å². The van der Waals surface area contributed by atoms with Gasteiger partial charge in [-0.2, -0.15) is 14.1 Å². The number of nitrogens with zero attached hydrogens (tertiary/aromatic N) is 6. The second-order valence-corrected chi connectivity index (χ2v) is 11.7. The predicted molar refractivity (Wildman–Crippen MR) is 140 cm³/mol. The highest BCUT2D eigenvalue weighted by Crippen LogP contribution is 2.31. The molecule has 2 fully saturated rings. The molecule has 0 N–H and O–H groups in total. The molecule has 1 aliphatic heterocycles. The average molecular weight is 595 g/mol. The first-order valence-corrected chi connectivity index (χ1v) is 14.3. The lowest BCUT2D eigenvalue weighted by molar-refractivity contribution is -0.385. The summed E-state index contributed by atoms with van der Waals surface area (Å²) in [6, 6.07) is 5.01. The number of pyridine rings is 1. The van der Waals surface area contributed by atoms with Crippen LogP contribution in [-0.4, -0.2) is 70.9 Å². The molecule has 2 atom stereocenters. The molecule has 0 spiro atoms. The summed E-state index contributed by atoms with van der Waals surface area (Å²) >= 11 is 0. The number of piperazine rings is 1. The van der Waals surface area contributed by atoms with Gasteiger partial charge in [0.1, 0.15) is 41.5 Å². The zero-order chi connectivity index (χ0) is 29.3. The van der Waals surface area contributed by atoms with Gasteiger partial charge in [0.05, 0.1) is 22.5 Å². The first kappa shape index (κ1) is 28.5. The lowest BCUT2D eigenvalue weighted by atomic mass is 10.2. The number of aromatic nitrogens is 3. The van der Waals surface area contributed by atoms with Crippen LogP contribution < -0.4 is 15.2 Å². The minimum Gasteiger partial charge on any atom is -0.483 e. The van der Waals surface area contributed by atoms with E-state index < -0.39 is 50.2 Å². The van der Waals surface area contributed by atoms with E-state index in [1.165, 1.54) is 22.6 Å². The van der Waals surface area contributed by atoms with Gasteiger partial charge < -0.3 is 9.64 Å². The maximum Gasteiger partial charge on any atom is 0.316 e. The Balaban J connectivity index is 1.37. The molecule has 2 aliphatic rings. The first-order valence-electron chi connectivity index (χ1n) is 12.7. The highest BCUT2D eigenvalue weighted by atomic mass is 32.2. The Morgan fingerprint density at radius 2 is 1.76 bits per heavy atom. The van der Waals surface area contributed by atoms with Crippen LogP contribution in [0.5, 0.6) is 5.75 Å². The topological polar surface area (TPSA) is 141 Å². The summed E-state index contributed by atoms with van der Waals surface area (Å²) in [6.45, 7) is 0.394. The summed E-state index contributed by atoms with van der Waals surface area (Å²) in [4.78, 5) is 29.2. The summed E-state index contributed by atoms with van der Waals surface area (Å²) in [5.74, 6) is -2.43. The Morgan fingerprint density at radius 1 is 1.05 bits per heavy atom. The zero-order valence-electron chi connectivity index (χ0n) is 21.5. The number of rotatable bonds is 8. The molecule has 16 heteroatoms. The SMILES string of the molecule is O=c1c(OC2CCC(F)C2)c(N2CCN(S(=O)(=O)Cc3ccc([N+](=O)[O-])cn3)CC2)cnn1-c1cc(F)cc(F)c1. The van der Waals surface area contributed by atoms with Crippen molar-refractivity contribution in [2.75, 3.05) is 31.1 Å². The van der Waals surface area contributed by atoms with Crippen molar-refractivity contribution in [3.63, 3.8) is 0 Å². The van der Waals surface area contributed by atoms with Gasteiger partial charge >= 0.3 is 5.56 Å². The molecule has 12 nitrogen and oxygen atoms in total. The number of hydrogen-bond acceptors (Lipinski definition) is 9. The molecule has 218 valence electrons. The van der Waals surface area contributed by atoms with Gasteiger partial charge in [-0.05, 0) is 31.0 Å². The molecule has 41 heavy (non-hydrogen) atoms. The molecule has 3 heterocycles. The molecule has 0 bridgehead atoms. The van der Waals surface area contributed by atoms with E-state index in [0.29, 0.717) is 12.5 Å². The van der Waals surface area contributed by atoms with E-state index in [1.54, 1.807) is 4.90 Å². The number of hydrogen-bond donors (Lipinski definition) is 0. The van der Waals surface area contributed by atoms with E-state index >= 15 is 0 Å². The van der Waals surface area contributed by atoms with Crippen LogP contribution in [0.25, 0.3) is 5.69 Å². The first-order chi connectivity index (χ1) is 19.5. The van der Waals surface area contributed by atoms with Gasteiger partial charge in [0.25, 0.3) is 5.69 Å². The summed E-state index contributed by atoms with van der Waals surface area (Å²) in [6.07, 6.45) is 1.35. The van der Waals surface area contributed by atoms with Crippen LogP contribution in [0.4, 0.5) is 24.5 Å². The third-order valence-corrected chi connectivity index (χ3v) is 8.75. The molecular weight excluding hydrogens is 569 g/mol. The van der Waals surface area contributed by atoms with E-state index in [1.807, 2.05) is 0 Å². The van der Waals surface area contributed by atoms with Crippen LogP contribution in [0.2, 0.25) is 0 Å². The summed E-state index contributed by atoms with van der Waals surface area (Å²) in [7, 11) is -3.82. The number of alkyl halides is 1. The van der Waals surface area contributed by atoms with E-state index in [-0.39, 0.29) is 67.5 Å². The number of anilines is 1. The molecule has 5 rings (SSSR count). The Hall–Kier alpha value is -4.05. The Kier molecular flexibility index (Phi) is 7.95. The van der Waals surface area contributed by atoms with Crippen LogP contribution in [0.3, 0.4) is 0 Å². The van der Waals surface area contributed by atoms with Crippen LogP contribution in [0, 0.1) is 21.7 Å². The lowest BCUT2D eigenvalue weighted by Crippen LogP contribution is -2.49. The van der Waals surface area contributed by atoms with Crippen molar-refractivity contribution in [3.05, 3.63) is 80.5 Å². The fourth-order valence-corrected chi connectivity index (χ4v) is 6.31. The normalized spacial score (nSPS) is 19.8. The zero-order valence-corrected chi connectivity index (χ0v) is 22.3. The van der Waals surface area contributed by atoms with Crippen LogP contribution in [0.1, 0.15) is 25.0 Å². The Morgan fingerprint density at radius 3 is 2.34 bits per heavy atom. The lowest BCUT2D eigenvalue weighted by Gasteiger charge is -2.36. The van der Waals surface area contributed by atoms with Crippen LogP contribution >= 0.6 is 0 Å². The van der Waals surface area contributed by atoms with Crippen molar-refractivity contribution in [2.24, 2.45) is 0 Å². The van der Waals surface area contributed by atoms with Gasteiger partial charge in [0.15, 0.2) is 0 Å². The second kappa shape index (κ2) is 11.4. The van der Waals surface area contributed by atoms with Gasteiger partial charge in [0, 0.05) is 44.7 Å². The van der Waals surface area contributed by atoms with Crippen molar-refractivity contribution >= 4 is 21.4 Å². The van der Waals surface area contributed by atoms with Gasteiger partial charge in [-0.25, -0.2) is 21.6 Å². The third kappa shape index (κ3) is 6.32. The monoisotopic (exact) mass is 594 g/mol. The molecule has 0 amide bonds. The van der Waals surface area contributed by atoms with Crippen molar-refractivity contribution < 1.29 is 31.2 Å². The van der Waals surface area contributed by atoms with Gasteiger partial charge in [-0.3, -0.25) is 19.9 Å². The van der Waals surface area contributed by atoms with E-state index in [2.05, 4.69) is 10.1 Å². The molecule has 1 saturated carbocycles. The number of sulfonamides is 1. The van der Waals surface area contributed by atoms with Crippen molar-refractivity contribution in [1.82, 2.24) is 19.1 Å². The molecule has 2 unspecified atom stereocenters. The number of ether oxygens (including phenoxy) is 1. The molecule has 3 aromatic rings. The quantitative estimate of drug-likeness (QED) is 0.284. The van der Waals surface area contributed by atoms with Gasteiger partial charge in [0.2, 0.25) is 15.8 Å². The summed E-state index contributed by atoms with van der Waals surface area (Å²) in [5, 5.41) is 14.9. The van der Waals surface area contributed by atoms with E-state index in [9.17, 15) is 36.5 Å². The van der Waals surface area contributed by atoms with Gasteiger partial charge in [-0.1, -0.05) is 0 Å². The summed E-state index contributed by atoms with van der Waals surface area (Å²) < 4.78 is 75.6. The summed E-state index contributed by atoms with van der Waals surface area (Å²) in [5.41, 5.74) is -0.809. The third-order valence-electron chi connectivity index (χ3n) is 6.93. The Bertz CT molecular complexity index is 1590. The fourth-order valence-electron chi connectivity index (χ4n) is 4.87. The smallest absolute Gasteiger partial charge is 0.316 e. The van der Waals surface area contributed by atoms with Crippen LogP contribution in [-0.2, 0) is 15.8 Å². The fraction of sp³-hybridized carbons (Fsp3) is 0.400. The molecule has 0 radical (unpaired) electrons. The molecule has 2 aromatic heterocycles. The molecule has 1 aromatic carbocycles. The van der Waals surface area contributed by atoms with Crippen LogP contribution in [0.15, 0.2) is 47.5 Å². The number of nitro groups is 1.